The Kier molecular flexibility index (Phi) is 8.06. The fourth-order valence-electron chi connectivity index (χ4n) is 3.43. The Labute approximate surface area is 153 Å². The highest BCUT2D eigenvalue weighted by atomic mass is 16.5. The van der Waals surface area contributed by atoms with Gasteiger partial charge in [0.1, 0.15) is 5.75 Å². The summed E-state index contributed by atoms with van der Waals surface area (Å²) < 4.78 is 5.22. The molecule has 1 fully saturated rings. The van der Waals surface area contributed by atoms with Gasteiger partial charge in [-0.05, 0) is 62.5 Å². The van der Waals surface area contributed by atoms with Crippen LogP contribution in [0.1, 0.15) is 31.7 Å². The number of benzene rings is 1. The fourth-order valence-corrected chi connectivity index (χ4v) is 3.43. The van der Waals surface area contributed by atoms with Crippen LogP contribution in [0, 0.1) is 5.92 Å². The topological polar surface area (TPSA) is 40.1 Å². The van der Waals surface area contributed by atoms with Gasteiger partial charge in [-0.3, -0.25) is 4.99 Å². The summed E-state index contributed by atoms with van der Waals surface area (Å²) in [6.45, 7) is 7.82. The molecule has 1 saturated heterocycles. The highest BCUT2D eigenvalue weighted by molar-refractivity contribution is 5.79. The van der Waals surface area contributed by atoms with E-state index in [-0.39, 0.29) is 0 Å². The van der Waals surface area contributed by atoms with Crippen LogP contribution in [-0.4, -0.2) is 63.1 Å². The molecule has 2 rings (SSSR count). The standard InChI is InChI=1S/C20H34N4O/c1-5-12-24-13-10-17(11-14-24)15-22-20(21-2)23(3)16-18-6-8-19(25-4)9-7-18/h6-9,17H,5,10-16H2,1-4H3,(H,21,22). The first-order chi connectivity index (χ1) is 12.2. The summed E-state index contributed by atoms with van der Waals surface area (Å²) in [6, 6.07) is 8.21. The Hall–Kier alpha value is -1.75. The Morgan fingerprint density at radius 1 is 1.28 bits per heavy atom. The molecule has 25 heavy (non-hydrogen) atoms. The van der Waals surface area contributed by atoms with E-state index in [0.717, 1.165) is 30.7 Å². The first-order valence-corrected chi connectivity index (χ1v) is 9.43. The van der Waals surface area contributed by atoms with E-state index in [2.05, 4.69) is 46.2 Å². The van der Waals surface area contributed by atoms with E-state index in [4.69, 9.17) is 4.74 Å². The van der Waals surface area contributed by atoms with Gasteiger partial charge >= 0.3 is 0 Å². The minimum absolute atomic E-state index is 0.749. The molecule has 0 unspecified atom stereocenters. The summed E-state index contributed by atoms with van der Waals surface area (Å²) in [7, 11) is 5.64. The van der Waals surface area contributed by atoms with Crippen molar-refractivity contribution in [1.29, 1.82) is 0 Å². The second-order valence-corrected chi connectivity index (χ2v) is 6.92. The smallest absolute Gasteiger partial charge is 0.193 e. The molecule has 1 aromatic rings. The second-order valence-electron chi connectivity index (χ2n) is 6.92. The molecule has 1 N–H and O–H groups in total. The molecule has 1 aliphatic rings. The van der Waals surface area contributed by atoms with Gasteiger partial charge in [0.25, 0.3) is 0 Å². The summed E-state index contributed by atoms with van der Waals surface area (Å²) in [4.78, 5) is 9.20. The van der Waals surface area contributed by atoms with Crippen molar-refractivity contribution in [3.8, 4) is 5.75 Å². The Balaban J connectivity index is 1.77. The molecule has 5 heteroatoms. The van der Waals surface area contributed by atoms with Crippen LogP contribution in [0.4, 0.5) is 0 Å². The second kappa shape index (κ2) is 10.3. The van der Waals surface area contributed by atoms with Gasteiger partial charge < -0.3 is 19.9 Å². The molecule has 0 amide bonds. The number of likely N-dealkylation sites (tertiary alicyclic amines) is 1. The van der Waals surface area contributed by atoms with E-state index in [9.17, 15) is 0 Å². The van der Waals surface area contributed by atoms with Crippen molar-refractivity contribution in [3.05, 3.63) is 29.8 Å². The first kappa shape index (κ1) is 19.6. The van der Waals surface area contributed by atoms with Crippen LogP contribution in [0.25, 0.3) is 0 Å². The number of rotatable bonds is 7. The third kappa shape index (κ3) is 6.24. The van der Waals surface area contributed by atoms with Crippen LogP contribution in [0.3, 0.4) is 0 Å². The summed E-state index contributed by atoms with van der Waals surface area (Å²) >= 11 is 0. The van der Waals surface area contributed by atoms with Gasteiger partial charge in [-0.15, -0.1) is 0 Å². The lowest BCUT2D eigenvalue weighted by atomic mass is 9.97. The fraction of sp³-hybridized carbons (Fsp3) is 0.650. The molecule has 5 nitrogen and oxygen atoms in total. The first-order valence-electron chi connectivity index (χ1n) is 9.43. The van der Waals surface area contributed by atoms with Gasteiger partial charge in [-0.25, -0.2) is 0 Å². The summed E-state index contributed by atoms with van der Waals surface area (Å²) in [5.41, 5.74) is 1.25. The van der Waals surface area contributed by atoms with Crippen molar-refractivity contribution in [3.63, 3.8) is 0 Å². The molecule has 140 valence electrons. The lowest BCUT2D eigenvalue weighted by Crippen LogP contribution is -2.43. The van der Waals surface area contributed by atoms with Crippen LogP contribution in [0.5, 0.6) is 5.75 Å². The normalized spacial score (nSPS) is 16.7. The maximum Gasteiger partial charge on any atom is 0.193 e. The Morgan fingerprint density at radius 3 is 2.52 bits per heavy atom. The highest BCUT2D eigenvalue weighted by Crippen LogP contribution is 2.17. The monoisotopic (exact) mass is 346 g/mol. The summed E-state index contributed by atoms with van der Waals surface area (Å²) in [6.07, 6.45) is 3.82. The minimum atomic E-state index is 0.749. The molecule has 0 atom stereocenters. The minimum Gasteiger partial charge on any atom is -0.497 e. The number of methoxy groups -OCH3 is 1. The van der Waals surface area contributed by atoms with E-state index in [1.165, 1.54) is 44.5 Å². The van der Waals surface area contributed by atoms with E-state index in [0.29, 0.717) is 0 Å². The van der Waals surface area contributed by atoms with Gasteiger partial charge in [0.05, 0.1) is 7.11 Å². The zero-order valence-electron chi connectivity index (χ0n) is 16.3. The number of guanidine groups is 1. The average Bonchev–Trinajstić information content (AvgIpc) is 2.64. The molecule has 1 heterocycles. The quantitative estimate of drug-likeness (QED) is 0.609. The van der Waals surface area contributed by atoms with Gasteiger partial charge in [0.15, 0.2) is 5.96 Å². The molecule has 0 spiro atoms. The van der Waals surface area contributed by atoms with Crippen LogP contribution in [0.15, 0.2) is 29.3 Å². The maximum atomic E-state index is 5.22. The summed E-state index contributed by atoms with van der Waals surface area (Å²) in [5, 5.41) is 3.56. The molecule has 0 aromatic heterocycles. The lowest BCUT2D eigenvalue weighted by molar-refractivity contribution is 0.185. The molecule has 0 aliphatic carbocycles. The lowest BCUT2D eigenvalue weighted by Gasteiger charge is -2.32. The van der Waals surface area contributed by atoms with E-state index in [1.807, 2.05) is 19.2 Å². The van der Waals surface area contributed by atoms with Gasteiger partial charge in [-0.2, -0.15) is 0 Å². The predicted octanol–water partition coefficient (Wildman–Crippen LogP) is 2.82. The van der Waals surface area contributed by atoms with Crippen molar-refractivity contribution in [1.82, 2.24) is 15.1 Å². The third-order valence-corrected chi connectivity index (χ3v) is 4.95. The molecule has 0 bridgehead atoms. The number of ether oxygens (including phenoxy) is 1. The van der Waals surface area contributed by atoms with E-state index < -0.39 is 0 Å². The van der Waals surface area contributed by atoms with Crippen LogP contribution in [0.2, 0.25) is 0 Å². The average molecular weight is 347 g/mol. The van der Waals surface area contributed by atoms with Gasteiger partial charge in [0.2, 0.25) is 0 Å². The molecule has 1 aliphatic heterocycles. The molecule has 1 aromatic carbocycles. The molecule has 0 radical (unpaired) electrons. The molecule has 0 saturated carbocycles. The summed E-state index contributed by atoms with van der Waals surface area (Å²) in [5.74, 6) is 2.61. The number of nitrogens with one attached hydrogen (secondary N) is 1. The van der Waals surface area contributed by atoms with Crippen molar-refractivity contribution in [2.24, 2.45) is 10.9 Å². The number of nitrogens with zero attached hydrogens (tertiary/aromatic N) is 3. The van der Waals surface area contributed by atoms with E-state index in [1.54, 1.807) is 7.11 Å². The number of hydrogen-bond donors (Lipinski definition) is 1. The zero-order valence-corrected chi connectivity index (χ0v) is 16.3. The van der Waals surface area contributed by atoms with Crippen LogP contribution in [-0.2, 0) is 6.54 Å². The highest BCUT2D eigenvalue weighted by Gasteiger charge is 2.19. The van der Waals surface area contributed by atoms with Crippen LogP contribution < -0.4 is 10.1 Å². The Morgan fingerprint density at radius 2 is 1.96 bits per heavy atom. The van der Waals surface area contributed by atoms with Gasteiger partial charge in [0, 0.05) is 27.2 Å². The molecular formula is C20H34N4O. The SMILES string of the molecule is CCCN1CCC(CNC(=NC)N(C)Cc2ccc(OC)cc2)CC1. The number of aliphatic imine (C=N–C) groups is 1. The third-order valence-electron chi connectivity index (χ3n) is 4.95. The van der Waals surface area contributed by atoms with Crippen molar-refractivity contribution in [2.45, 2.75) is 32.7 Å². The number of hydrogen-bond acceptors (Lipinski definition) is 3. The van der Waals surface area contributed by atoms with Crippen molar-refractivity contribution >= 4 is 5.96 Å². The van der Waals surface area contributed by atoms with Crippen LogP contribution >= 0.6 is 0 Å². The van der Waals surface area contributed by atoms with E-state index >= 15 is 0 Å². The maximum absolute atomic E-state index is 5.22. The zero-order chi connectivity index (χ0) is 18.1. The number of piperidine rings is 1. The van der Waals surface area contributed by atoms with Crippen molar-refractivity contribution < 1.29 is 4.74 Å². The van der Waals surface area contributed by atoms with Gasteiger partial charge in [-0.1, -0.05) is 19.1 Å². The Bertz CT molecular complexity index is 521. The largest absolute Gasteiger partial charge is 0.497 e. The molecular weight excluding hydrogens is 312 g/mol. The predicted molar refractivity (Wildman–Crippen MR) is 105 cm³/mol. The van der Waals surface area contributed by atoms with Crippen molar-refractivity contribution in [2.75, 3.05) is 47.4 Å².